The molecule has 0 saturated heterocycles. The Morgan fingerprint density at radius 1 is 1.03 bits per heavy atom. The molecule has 4 aromatic rings. The smallest absolute Gasteiger partial charge is 0.449 e. The second-order valence-corrected chi connectivity index (χ2v) is 6.99. The van der Waals surface area contributed by atoms with E-state index in [1.807, 2.05) is 17.5 Å². The lowest BCUT2D eigenvalue weighted by Crippen LogP contribution is -2.05. The van der Waals surface area contributed by atoms with Gasteiger partial charge in [-0.15, -0.1) is 11.3 Å². The Bertz CT molecular complexity index is 1240. The van der Waals surface area contributed by atoms with Crippen molar-refractivity contribution < 1.29 is 19.6 Å². The van der Waals surface area contributed by atoms with E-state index in [2.05, 4.69) is 9.97 Å². The lowest BCUT2D eigenvalue weighted by Gasteiger charge is -2.10. The minimum atomic E-state index is -1.51. The predicted molar refractivity (Wildman–Crippen MR) is 112 cm³/mol. The summed E-state index contributed by atoms with van der Waals surface area (Å²) in [5.74, 6) is -0.00467. The van der Waals surface area contributed by atoms with E-state index in [0.29, 0.717) is 16.1 Å². The van der Waals surface area contributed by atoms with Crippen molar-refractivity contribution in [1.29, 1.82) is 0 Å². The molecule has 0 aliphatic carbocycles. The number of hydrogen-bond donors (Lipinski definition) is 1. The molecule has 2 aromatic heterocycles. The van der Waals surface area contributed by atoms with E-state index in [9.17, 15) is 14.9 Å². The number of hydrogen-bond acceptors (Lipinski definition) is 7. The highest BCUT2D eigenvalue weighted by atomic mass is 32.1. The molecule has 0 aliphatic rings. The number of nitro benzene ring substituents is 1. The highest BCUT2D eigenvalue weighted by Crippen LogP contribution is 2.39. The topological polar surface area (TPSA) is 115 Å². The number of ether oxygens (including phenoxy) is 1. The van der Waals surface area contributed by atoms with Gasteiger partial charge in [-0.05, 0) is 30.3 Å². The quantitative estimate of drug-likeness (QED) is 0.196. The molecule has 9 heteroatoms. The van der Waals surface area contributed by atoms with E-state index in [1.54, 1.807) is 42.7 Å². The summed E-state index contributed by atoms with van der Waals surface area (Å²) in [6.45, 7) is 0. The third-order valence-electron chi connectivity index (χ3n) is 4.30. The first-order valence-electron chi connectivity index (χ1n) is 8.68. The van der Waals surface area contributed by atoms with E-state index in [4.69, 9.17) is 9.84 Å². The van der Waals surface area contributed by atoms with Gasteiger partial charge in [-0.25, -0.2) is 9.78 Å². The van der Waals surface area contributed by atoms with Crippen LogP contribution in [0.1, 0.15) is 0 Å². The van der Waals surface area contributed by atoms with E-state index in [1.165, 1.54) is 23.5 Å². The van der Waals surface area contributed by atoms with Gasteiger partial charge in [0.25, 0.3) is 5.69 Å². The van der Waals surface area contributed by atoms with Gasteiger partial charge in [0.2, 0.25) is 0 Å². The predicted octanol–water partition coefficient (Wildman–Crippen LogP) is 5.50. The monoisotopic (exact) mass is 419 g/mol. The summed E-state index contributed by atoms with van der Waals surface area (Å²) < 4.78 is 4.95. The first-order valence-corrected chi connectivity index (χ1v) is 9.56. The van der Waals surface area contributed by atoms with Crippen molar-refractivity contribution in [2.45, 2.75) is 0 Å². The molecule has 30 heavy (non-hydrogen) atoms. The zero-order valence-electron chi connectivity index (χ0n) is 15.3. The van der Waals surface area contributed by atoms with Gasteiger partial charge in [0.1, 0.15) is 10.8 Å². The van der Waals surface area contributed by atoms with Crippen LogP contribution in [0.15, 0.2) is 72.4 Å². The summed E-state index contributed by atoms with van der Waals surface area (Å²) >= 11 is 1.39. The standard InChI is InChI=1S/C21H13N3O5S/c25-21(26)29-19-11-14(20-23-17(12-30-20)13-7-9-22-10-8-13)5-6-16(19)15-3-1-2-4-18(15)24(27)28/h1-12H,(H,25,26). The SMILES string of the molecule is O=C(O)Oc1cc(-c2nc(-c3ccncc3)cs2)ccc1-c1ccccc1[N+](=O)[O-]. The molecular formula is C21H13N3O5S. The maximum Gasteiger partial charge on any atom is 0.511 e. The van der Waals surface area contributed by atoms with Crippen LogP contribution in [0.5, 0.6) is 5.75 Å². The lowest BCUT2D eigenvalue weighted by molar-refractivity contribution is -0.384. The molecule has 8 nitrogen and oxygen atoms in total. The number of aromatic nitrogens is 2. The van der Waals surface area contributed by atoms with Gasteiger partial charge < -0.3 is 9.84 Å². The number of thiazole rings is 1. The van der Waals surface area contributed by atoms with Crippen molar-refractivity contribution in [3.05, 3.63) is 82.5 Å². The van der Waals surface area contributed by atoms with Crippen LogP contribution in [0.25, 0.3) is 33.0 Å². The second kappa shape index (κ2) is 8.10. The summed E-state index contributed by atoms with van der Waals surface area (Å²) in [6, 6.07) is 14.6. The minimum Gasteiger partial charge on any atom is -0.449 e. The maximum absolute atomic E-state index is 11.4. The van der Waals surface area contributed by atoms with E-state index in [0.717, 1.165) is 11.3 Å². The van der Waals surface area contributed by atoms with Crippen molar-refractivity contribution in [2.75, 3.05) is 0 Å². The average Bonchev–Trinajstić information content (AvgIpc) is 3.24. The van der Waals surface area contributed by atoms with Crippen LogP contribution in [0.2, 0.25) is 0 Å². The zero-order chi connectivity index (χ0) is 21.1. The normalized spacial score (nSPS) is 10.5. The fourth-order valence-electron chi connectivity index (χ4n) is 2.98. The number of pyridine rings is 1. The van der Waals surface area contributed by atoms with Crippen molar-refractivity contribution in [2.24, 2.45) is 0 Å². The fraction of sp³-hybridized carbons (Fsp3) is 0. The second-order valence-electron chi connectivity index (χ2n) is 6.13. The molecule has 148 valence electrons. The number of carboxylic acid groups (broad SMARTS) is 1. The Kier molecular flexibility index (Phi) is 5.19. The van der Waals surface area contributed by atoms with Gasteiger partial charge in [0.05, 0.1) is 16.2 Å². The van der Waals surface area contributed by atoms with Crippen molar-refractivity contribution in [3.8, 4) is 38.7 Å². The lowest BCUT2D eigenvalue weighted by atomic mass is 10.0. The average molecular weight is 419 g/mol. The van der Waals surface area contributed by atoms with Crippen LogP contribution in [-0.4, -0.2) is 26.2 Å². The Balaban J connectivity index is 1.79. The third kappa shape index (κ3) is 3.87. The summed E-state index contributed by atoms with van der Waals surface area (Å²) in [7, 11) is 0. The maximum atomic E-state index is 11.4. The van der Waals surface area contributed by atoms with E-state index in [-0.39, 0.29) is 17.0 Å². The molecule has 0 spiro atoms. The van der Waals surface area contributed by atoms with Gasteiger partial charge in [0, 0.05) is 40.5 Å². The fourth-order valence-corrected chi connectivity index (χ4v) is 3.80. The molecule has 0 amide bonds. The molecule has 0 fully saturated rings. The zero-order valence-corrected chi connectivity index (χ0v) is 16.1. The van der Waals surface area contributed by atoms with Gasteiger partial charge >= 0.3 is 6.16 Å². The third-order valence-corrected chi connectivity index (χ3v) is 5.19. The Morgan fingerprint density at radius 2 is 1.80 bits per heavy atom. The molecule has 0 aliphatic heterocycles. The Hall–Kier alpha value is -4.11. The Labute approximate surface area is 174 Å². The molecule has 0 atom stereocenters. The molecule has 1 N–H and O–H groups in total. The molecule has 4 rings (SSSR count). The molecule has 0 bridgehead atoms. The van der Waals surface area contributed by atoms with Crippen LogP contribution in [0.3, 0.4) is 0 Å². The molecule has 2 aromatic carbocycles. The molecular weight excluding hydrogens is 406 g/mol. The summed E-state index contributed by atoms with van der Waals surface area (Å²) in [5, 5.41) is 23.1. The number of benzene rings is 2. The van der Waals surface area contributed by atoms with Crippen molar-refractivity contribution in [1.82, 2.24) is 9.97 Å². The number of rotatable bonds is 5. The van der Waals surface area contributed by atoms with Crippen LogP contribution >= 0.6 is 11.3 Å². The van der Waals surface area contributed by atoms with Gasteiger partial charge in [-0.1, -0.05) is 18.2 Å². The highest BCUT2D eigenvalue weighted by molar-refractivity contribution is 7.13. The summed E-state index contributed by atoms with van der Waals surface area (Å²) in [5.41, 5.74) is 2.74. The summed E-state index contributed by atoms with van der Waals surface area (Å²) in [4.78, 5) is 30.7. The largest absolute Gasteiger partial charge is 0.511 e. The minimum absolute atomic E-state index is 0.00467. The van der Waals surface area contributed by atoms with Crippen LogP contribution in [0, 0.1) is 10.1 Å². The van der Waals surface area contributed by atoms with Crippen LogP contribution in [0.4, 0.5) is 10.5 Å². The number of nitro groups is 1. The van der Waals surface area contributed by atoms with E-state index < -0.39 is 11.1 Å². The highest BCUT2D eigenvalue weighted by Gasteiger charge is 2.20. The van der Waals surface area contributed by atoms with Gasteiger partial charge in [-0.3, -0.25) is 15.1 Å². The molecule has 0 radical (unpaired) electrons. The van der Waals surface area contributed by atoms with Crippen LogP contribution < -0.4 is 4.74 Å². The number of nitrogens with zero attached hydrogens (tertiary/aromatic N) is 3. The number of para-hydroxylation sites is 1. The van der Waals surface area contributed by atoms with Gasteiger partial charge in [-0.2, -0.15) is 0 Å². The number of carbonyl (C=O) groups is 1. The van der Waals surface area contributed by atoms with Crippen molar-refractivity contribution in [3.63, 3.8) is 0 Å². The van der Waals surface area contributed by atoms with Crippen molar-refractivity contribution >= 4 is 23.2 Å². The Morgan fingerprint density at radius 3 is 2.53 bits per heavy atom. The molecule has 0 unspecified atom stereocenters. The summed E-state index contributed by atoms with van der Waals surface area (Å²) in [6.07, 6.45) is 1.84. The molecule has 0 saturated carbocycles. The van der Waals surface area contributed by atoms with E-state index >= 15 is 0 Å². The first-order chi connectivity index (χ1) is 14.5. The van der Waals surface area contributed by atoms with Gasteiger partial charge in [0.15, 0.2) is 0 Å². The molecule has 2 heterocycles. The first kappa shape index (κ1) is 19.2. The van der Waals surface area contributed by atoms with Crippen LogP contribution in [-0.2, 0) is 0 Å².